The molecule has 1 aromatic heterocycles. The van der Waals surface area contributed by atoms with E-state index in [0.717, 1.165) is 39.9 Å². The molecule has 0 aliphatic heterocycles. The zero-order valence-electron chi connectivity index (χ0n) is 22.0. The fraction of sp³-hybridized carbons (Fsp3) is 0.429. The van der Waals surface area contributed by atoms with Crippen LogP contribution in [0.3, 0.4) is 0 Å². The molecule has 0 saturated carbocycles. The van der Waals surface area contributed by atoms with Gasteiger partial charge in [0.2, 0.25) is 0 Å². The van der Waals surface area contributed by atoms with E-state index in [1.54, 1.807) is 0 Å². The molecule has 1 aliphatic rings. The van der Waals surface area contributed by atoms with Crippen LogP contribution in [0, 0.1) is 0 Å². The fourth-order valence-electron chi connectivity index (χ4n) is 4.52. The SMILES string of the molecule is CC(C)(C)[Si](C)(C)OC[C@H]1C[C@@H](COS(C)(=O)=O)c2c(-c3ccccc3)nnc(-c3ccccc3)c21. The molecule has 0 bridgehead atoms. The second-order valence-electron chi connectivity index (χ2n) is 11.1. The van der Waals surface area contributed by atoms with Crippen molar-refractivity contribution in [3.8, 4) is 22.5 Å². The molecule has 0 spiro atoms. The van der Waals surface area contributed by atoms with E-state index < -0.39 is 18.4 Å². The van der Waals surface area contributed by atoms with E-state index in [2.05, 4.69) is 39.0 Å². The van der Waals surface area contributed by atoms with E-state index in [1.807, 2.05) is 60.7 Å². The van der Waals surface area contributed by atoms with Crippen LogP contribution in [0.25, 0.3) is 22.5 Å². The largest absolute Gasteiger partial charge is 0.416 e. The van der Waals surface area contributed by atoms with Gasteiger partial charge in [0.15, 0.2) is 8.32 Å². The Labute approximate surface area is 216 Å². The zero-order chi connectivity index (χ0) is 26.1. The van der Waals surface area contributed by atoms with Crippen LogP contribution < -0.4 is 0 Å². The summed E-state index contributed by atoms with van der Waals surface area (Å²) >= 11 is 0. The number of rotatable bonds is 8. The number of nitrogens with zero attached hydrogens (tertiary/aromatic N) is 2. The van der Waals surface area contributed by atoms with Crippen LogP contribution >= 0.6 is 0 Å². The van der Waals surface area contributed by atoms with Gasteiger partial charge in [0, 0.05) is 29.6 Å². The van der Waals surface area contributed by atoms with Gasteiger partial charge in [-0.15, -0.1) is 10.2 Å². The molecular formula is C28H36N2O4SSi. The lowest BCUT2D eigenvalue weighted by atomic mass is 9.93. The van der Waals surface area contributed by atoms with Crippen molar-refractivity contribution in [2.75, 3.05) is 19.5 Å². The van der Waals surface area contributed by atoms with E-state index in [9.17, 15) is 8.42 Å². The second-order valence-corrected chi connectivity index (χ2v) is 17.6. The molecule has 8 heteroatoms. The Balaban J connectivity index is 1.86. The normalized spacial score (nSPS) is 18.3. The molecule has 2 aromatic carbocycles. The second kappa shape index (κ2) is 10.2. The van der Waals surface area contributed by atoms with Gasteiger partial charge in [0.1, 0.15) is 0 Å². The van der Waals surface area contributed by atoms with Crippen molar-refractivity contribution in [2.45, 2.75) is 57.2 Å². The summed E-state index contributed by atoms with van der Waals surface area (Å²) in [6.45, 7) is 11.8. The van der Waals surface area contributed by atoms with E-state index in [1.165, 1.54) is 0 Å². The molecular weight excluding hydrogens is 488 g/mol. The maximum atomic E-state index is 11.9. The molecule has 0 amide bonds. The van der Waals surface area contributed by atoms with Gasteiger partial charge in [-0.05, 0) is 35.7 Å². The minimum absolute atomic E-state index is 0.0513. The summed E-state index contributed by atoms with van der Waals surface area (Å²) in [5.41, 5.74) is 5.66. The van der Waals surface area contributed by atoms with Crippen molar-refractivity contribution in [2.24, 2.45) is 0 Å². The molecule has 192 valence electrons. The minimum atomic E-state index is -3.59. The summed E-state index contributed by atoms with van der Waals surface area (Å²) in [6.07, 6.45) is 1.81. The van der Waals surface area contributed by atoms with Crippen LogP contribution in [0.5, 0.6) is 0 Å². The van der Waals surface area contributed by atoms with E-state index in [-0.39, 0.29) is 23.5 Å². The third kappa shape index (κ3) is 5.77. The lowest BCUT2D eigenvalue weighted by Gasteiger charge is -2.37. The highest BCUT2D eigenvalue weighted by Gasteiger charge is 2.42. The van der Waals surface area contributed by atoms with Crippen molar-refractivity contribution in [1.29, 1.82) is 0 Å². The number of benzene rings is 2. The van der Waals surface area contributed by atoms with Crippen molar-refractivity contribution in [3.05, 3.63) is 71.8 Å². The molecule has 1 aliphatic carbocycles. The summed E-state index contributed by atoms with van der Waals surface area (Å²) in [5.74, 6) is -0.0913. The highest BCUT2D eigenvalue weighted by atomic mass is 32.2. The van der Waals surface area contributed by atoms with Crippen LogP contribution in [0.4, 0.5) is 0 Å². The molecule has 0 radical (unpaired) electrons. The van der Waals surface area contributed by atoms with Crippen LogP contribution in [0.2, 0.25) is 18.1 Å². The molecule has 0 unspecified atom stereocenters. The topological polar surface area (TPSA) is 78.4 Å². The lowest BCUT2D eigenvalue weighted by Crippen LogP contribution is -2.41. The molecule has 2 atom stereocenters. The lowest BCUT2D eigenvalue weighted by molar-refractivity contribution is 0.245. The van der Waals surface area contributed by atoms with Gasteiger partial charge in [0.25, 0.3) is 10.1 Å². The molecule has 1 heterocycles. The maximum absolute atomic E-state index is 11.9. The highest BCUT2D eigenvalue weighted by molar-refractivity contribution is 7.85. The average Bonchev–Trinajstić information content (AvgIpc) is 3.20. The predicted octanol–water partition coefficient (Wildman–Crippen LogP) is 6.38. The van der Waals surface area contributed by atoms with Gasteiger partial charge < -0.3 is 4.43 Å². The van der Waals surface area contributed by atoms with Gasteiger partial charge in [-0.25, -0.2) is 0 Å². The minimum Gasteiger partial charge on any atom is -0.416 e. The highest BCUT2D eigenvalue weighted by Crippen LogP contribution is 2.50. The van der Waals surface area contributed by atoms with Gasteiger partial charge in [-0.2, -0.15) is 8.42 Å². The van der Waals surface area contributed by atoms with Crippen LogP contribution in [-0.4, -0.2) is 46.4 Å². The van der Waals surface area contributed by atoms with Crippen LogP contribution in [0.15, 0.2) is 60.7 Å². The first-order chi connectivity index (χ1) is 16.9. The molecule has 0 fully saturated rings. The van der Waals surface area contributed by atoms with Crippen LogP contribution in [-0.2, 0) is 18.7 Å². The third-order valence-corrected chi connectivity index (χ3v) is 12.5. The van der Waals surface area contributed by atoms with Crippen molar-refractivity contribution < 1.29 is 17.0 Å². The summed E-state index contributed by atoms with van der Waals surface area (Å²) in [5, 5.41) is 9.50. The predicted molar refractivity (Wildman–Crippen MR) is 147 cm³/mol. The number of aromatic nitrogens is 2. The van der Waals surface area contributed by atoms with Gasteiger partial charge >= 0.3 is 0 Å². The standard InChI is InChI=1S/C28H36N2O4SSi/c1-28(2,3)36(5,6)34-19-23-17-22(18-33-35(4,31)32)24-25(23)27(21-15-11-8-12-16-21)30-29-26(24)20-13-9-7-10-14-20/h7-16,22-23H,17-19H2,1-6H3/t22-,23+/m0/s1. The maximum Gasteiger partial charge on any atom is 0.264 e. The number of hydrogen-bond donors (Lipinski definition) is 0. The zero-order valence-corrected chi connectivity index (χ0v) is 23.8. The molecule has 36 heavy (non-hydrogen) atoms. The van der Waals surface area contributed by atoms with Gasteiger partial charge in [-0.1, -0.05) is 81.4 Å². The fourth-order valence-corrected chi connectivity index (χ4v) is 5.98. The third-order valence-electron chi connectivity index (χ3n) is 7.47. The molecule has 0 N–H and O–H groups in total. The monoisotopic (exact) mass is 524 g/mol. The summed E-state index contributed by atoms with van der Waals surface area (Å²) < 4.78 is 35.9. The Morgan fingerprint density at radius 2 is 1.28 bits per heavy atom. The molecule has 0 saturated heterocycles. The van der Waals surface area contributed by atoms with Crippen molar-refractivity contribution in [3.63, 3.8) is 0 Å². The van der Waals surface area contributed by atoms with Gasteiger partial charge in [-0.3, -0.25) is 4.18 Å². The summed E-state index contributed by atoms with van der Waals surface area (Å²) in [7, 11) is -5.59. The quantitative estimate of drug-likeness (QED) is 0.251. The smallest absolute Gasteiger partial charge is 0.264 e. The van der Waals surface area contributed by atoms with E-state index >= 15 is 0 Å². The first-order valence-electron chi connectivity index (χ1n) is 12.4. The van der Waals surface area contributed by atoms with E-state index in [4.69, 9.17) is 13.7 Å². The Hall–Kier alpha value is -2.39. The van der Waals surface area contributed by atoms with Gasteiger partial charge in [0.05, 0.1) is 24.3 Å². The Morgan fingerprint density at radius 1 is 0.833 bits per heavy atom. The average molecular weight is 525 g/mol. The summed E-state index contributed by atoms with van der Waals surface area (Å²) in [4.78, 5) is 0. The van der Waals surface area contributed by atoms with Crippen molar-refractivity contribution >= 4 is 18.4 Å². The van der Waals surface area contributed by atoms with Crippen molar-refractivity contribution in [1.82, 2.24) is 10.2 Å². The Bertz CT molecular complexity index is 1310. The Morgan fingerprint density at radius 3 is 1.69 bits per heavy atom. The number of fused-ring (bicyclic) bond motifs is 1. The van der Waals surface area contributed by atoms with Crippen LogP contribution in [0.1, 0.15) is 50.2 Å². The molecule has 3 aromatic rings. The summed E-state index contributed by atoms with van der Waals surface area (Å²) in [6, 6.07) is 20.0. The first kappa shape index (κ1) is 26.7. The Kier molecular flexibility index (Phi) is 7.53. The molecule has 6 nitrogen and oxygen atoms in total. The van der Waals surface area contributed by atoms with E-state index in [0.29, 0.717) is 13.0 Å². The number of hydrogen-bond acceptors (Lipinski definition) is 6. The molecule has 4 rings (SSSR count). The first-order valence-corrected chi connectivity index (χ1v) is 17.1.